The van der Waals surface area contributed by atoms with Crippen molar-refractivity contribution in [3.8, 4) is 0 Å². The molecular weight excluding hydrogens is 466 g/mol. The highest BCUT2D eigenvalue weighted by molar-refractivity contribution is 9.10. The fourth-order valence-corrected chi connectivity index (χ4v) is 3.22. The molecule has 8 nitrogen and oxygen atoms in total. The molecule has 0 aliphatic rings. The van der Waals surface area contributed by atoms with Crippen LogP contribution >= 0.6 is 15.9 Å². The van der Waals surface area contributed by atoms with Crippen molar-refractivity contribution in [1.82, 2.24) is 15.2 Å². The largest absolute Gasteiger partial charge is 0.446 e. The molecule has 1 N–H and O–H groups in total. The number of nitrogens with zero attached hydrogens (tertiary/aromatic N) is 2. The number of amides is 2. The minimum Gasteiger partial charge on any atom is -0.446 e. The molecule has 0 radical (unpaired) electrons. The van der Waals surface area contributed by atoms with Gasteiger partial charge in [0, 0.05) is 49.6 Å². The molecule has 0 aliphatic heterocycles. The van der Waals surface area contributed by atoms with Gasteiger partial charge in [0.05, 0.1) is 6.54 Å². The number of aromatic nitrogens is 1. The summed E-state index contributed by atoms with van der Waals surface area (Å²) in [4.78, 5) is 31.2. The van der Waals surface area contributed by atoms with Crippen LogP contribution in [-0.2, 0) is 16.0 Å². The molecule has 2 aromatic rings. The van der Waals surface area contributed by atoms with Gasteiger partial charge in [-0.15, -0.1) is 0 Å². The van der Waals surface area contributed by atoms with Crippen molar-refractivity contribution in [3.63, 3.8) is 0 Å². The number of carbonyl (C=O) groups excluding carboxylic acids is 2. The van der Waals surface area contributed by atoms with E-state index in [-0.39, 0.29) is 24.1 Å². The maximum Gasteiger partial charge on any atom is 0.273 e. The minimum atomic E-state index is -0.312. The Morgan fingerprint density at radius 2 is 1.90 bits per heavy atom. The van der Waals surface area contributed by atoms with Crippen molar-refractivity contribution in [2.24, 2.45) is 0 Å². The SMILES string of the molecule is CCOCCCNC(=O)c1coc(CN(CCCOCC)C(=O)c2cccc(Br)c2)n1. The number of carbonyl (C=O) groups is 2. The lowest BCUT2D eigenvalue weighted by Gasteiger charge is -2.21. The standard InChI is InChI=1S/C22H30BrN3O5/c1-3-29-12-6-10-24-21(27)19-16-31-20(25-19)15-26(11-7-13-30-4-2)22(28)17-8-5-9-18(23)14-17/h5,8-9,14,16H,3-4,6-7,10-13,15H2,1-2H3,(H,24,27). The molecule has 2 amide bonds. The van der Waals surface area contributed by atoms with E-state index in [2.05, 4.69) is 26.2 Å². The van der Waals surface area contributed by atoms with Gasteiger partial charge < -0.3 is 24.1 Å². The van der Waals surface area contributed by atoms with Crippen LogP contribution in [0.4, 0.5) is 0 Å². The Labute approximate surface area is 191 Å². The van der Waals surface area contributed by atoms with E-state index in [9.17, 15) is 9.59 Å². The maximum atomic E-state index is 13.0. The van der Waals surface area contributed by atoms with Gasteiger partial charge in [0.25, 0.3) is 11.8 Å². The van der Waals surface area contributed by atoms with E-state index in [1.165, 1.54) is 6.26 Å². The molecule has 0 saturated heterocycles. The number of hydrogen-bond acceptors (Lipinski definition) is 6. The summed E-state index contributed by atoms with van der Waals surface area (Å²) in [6, 6.07) is 7.21. The van der Waals surface area contributed by atoms with Crippen molar-refractivity contribution in [3.05, 3.63) is 52.1 Å². The van der Waals surface area contributed by atoms with Crippen LogP contribution in [0.25, 0.3) is 0 Å². The number of benzene rings is 1. The first-order valence-electron chi connectivity index (χ1n) is 10.5. The number of halogens is 1. The Kier molecular flexibility index (Phi) is 11.3. The summed E-state index contributed by atoms with van der Waals surface area (Å²) in [5.74, 6) is -0.148. The molecule has 0 bridgehead atoms. The van der Waals surface area contributed by atoms with Crippen LogP contribution in [0.1, 0.15) is 53.4 Å². The molecule has 170 valence electrons. The average molecular weight is 496 g/mol. The predicted octanol–water partition coefficient (Wildman–Crippen LogP) is 3.66. The van der Waals surface area contributed by atoms with Crippen molar-refractivity contribution in [2.75, 3.05) is 39.5 Å². The van der Waals surface area contributed by atoms with E-state index in [4.69, 9.17) is 13.9 Å². The van der Waals surface area contributed by atoms with E-state index in [0.29, 0.717) is 57.4 Å². The highest BCUT2D eigenvalue weighted by Gasteiger charge is 2.20. The van der Waals surface area contributed by atoms with Crippen molar-refractivity contribution < 1.29 is 23.5 Å². The van der Waals surface area contributed by atoms with Gasteiger partial charge in [0.2, 0.25) is 5.89 Å². The third-order valence-corrected chi connectivity index (χ3v) is 4.84. The summed E-state index contributed by atoms with van der Waals surface area (Å²) in [6.45, 7) is 7.42. The fourth-order valence-electron chi connectivity index (χ4n) is 2.82. The molecular formula is C22H30BrN3O5. The van der Waals surface area contributed by atoms with Gasteiger partial charge in [-0.2, -0.15) is 0 Å². The first-order valence-corrected chi connectivity index (χ1v) is 11.3. The summed E-state index contributed by atoms with van der Waals surface area (Å²) in [5, 5.41) is 2.78. The van der Waals surface area contributed by atoms with Gasteiger partial charge in [-0.25, -0.2) is 4.98 Å². The summed E-state index contributed by atoms with van der Waals surface area (Å²) in [7, 11) is 0. The van der Waals surface area contributed by atoms with Crippen LogP contribution < -0.4 is 5.32 Å². The zero-order valence-corrected chi connectivity index (χ0v) is 19.7. The van der Waals surface area contributed by atoms with E-state index in [1.54, 1.807) is 17.0 Å². The van der Waals surface area contributed by atoms with Crippen LogP contribution in [-0.4, -0.2) is 61.2 Å². The Balaban J connectivity index is 1.99. The van der Waals surface area contributed by atoms with E-state index in [1.807, 2.05) is 26.0 Å². The number of hydrogen-bond donors (Lipinski definition) is 1. The number of oxazole rings is 1. The zero-order chi connectivity index (χ0) is 22.5. The molecule has 1 heterocycles. The van der Waals surface area contributed by atoms with E-state index < -0.39 is 0 Å². The molecule has 0 spiro atoms. The molecule has 0 fully saturated rings. The Morgan fingerprint density at radius 3 is 2.61 bits per heavy atom. The summed E-state index contributed by atoms with van der Waals surface area (Å²) in [5.41, 5.74) is 0.750. The van der Waals surface area contributed by atoms with Crippen molar-refractivity contribution in [2.45, 2.75) is 33.2 Å². The Morgan fingerprint density at radius 1 is 1.16 bits per heavy atom. The van der Waals surface area contributed by atoms with Crippen LogP contribution in [0.15, 0.2) is 39.4 Å². The van der Waals surface area contributed by atoms with E-state index in [0.717, 1.165) is 10.9 Å². The average Bonchev–Trinajstić information content (AvgIpc) is 3.24. The quantitative estimate of drug-likeness (QED) is 0.402. The number of rotatable bonds is 14. The predicted molar refractivity (Wildman–Crippen MR) is 120 cm³/mol. The molecule has 0 unspecified atom stereocenters. The van der Waals surface area contributed by atoms with Gasteiger partial charge in [0.1, 0.15) is 6.26 Å². The van der Waals surface area contributed by atoms with Crippen molar-refractivity contribution in [1.29, 1.82) is 0 Å². The lowest BCUT2D eigenvalue weighted by molar-refractivity contribution is 0.0695. The highest BCUT2D eigenvalue weighted by atomic mass is 79.9. The van der Waals surface area contributed by atoms with Crippen LogP contribution in [0, 0.1) is 0 Å². The Hall–Kier alpha value is -2.23. The summed E-state index contributed by atoms with van der Waals surface area (Å²) in [6.07, 6.45) is 2.72. The number of ether oxygens (including phenoxy) is 2. The first kappa shape index (κ1) is 25.0. The van der Waals surface area contributed by atoms with Crippen LogP contribution in [0.2, 0.25) is 0 Å². The van der Waals surface area contributed by atoms with Gasteiger partial charge in [0.15, 0.2) is 5.69 Å². The van der Waals surface area contributed by atoms with Gasteiger partial charge >= 0.3 is 0 Å². The molecule has 0 atom stereocenters. The van der Waals surface area contributed by atoms with Gasteiger partial charge in [-0.3, -0.25) is 9.59 Å². The molecule has 1 aromatic heterocycles. The molecule has 0 saturated carbocycles. The fraction of sp³-hybridized carbons (Fsp3) is 0.500. The lowest BCUT2D eigenvalue weighted by atomic mass is 10.2. The lowest BCUT2D eigenvalue weighted by Crippen LogP contribution is -2.32. The normalized spacial score (nSPS) is 10.8. The third-order valence-electron chi connectivity index (χ3n) is 4.35. The molecule has 2 rings (SSSR count). The number of nitrogens with one attached hydrogen (secondary N) is 1. The third kappa shape index (κ3) is 8.80. The highest BCUT2D eigenvalue weighted by Crippen LogP contribution is 2.16. The molecule has 1 aromatic carbocycles. The van der Waals surface area contributed by atoms with Crippen LogP contribution in [0.5, 0.6) is 0 Å². The van der Waals surface area contributed by atoms with Crippen LogP contribution in [0.3, 0.4) is 0 Å². The summed E-state index contributed by atoms with van der Waals surface area (Å²) >= 11 is 3.40. The Bertz CT molecular complexity index is 827. The monoisotopic (exact) mass is 495 g/mol. The summed E-state index contributed by atoms with van der Waals surface area (Å²) < 4.78 is 16.9. The molecule has 9 heteroatoms. The van der Waals surface area contributed by atoms with Gasteiger partial charge in [-0.05, 0) is 44.9 Å². The smallest absolute Gasteiger partial charge is 0.273 e. The van der Waals surface area contributed by atoms with E-state index >= 15 is 0 Å². The minimum absolute atomic E-state index is 0.141. The second kappa shape index (κ2) is 14.0. The zero-order valence-electron chi connectivity index (χ0n) is 18.1. The second-order valence-electron chi connectivity index (χ2n) is 6.72. The second-order valence-corrected chi connectivity index (χ2v) is 7.64. The topological polar surface area (TPSA) is 93.9 Å². The first-order chi connectivity index (χ1) is 15.0. The molecule has 31 heavy (non-hydrogen) atoms. The van der Waals surface area contributed by atoms with Crippen molar-refractivity contribution >= 4 is 27.7 Å². The van der Waals surface area contributed by atoms with Gasteiger partial charge in [-0.1, -0.05) is 22.0 Å². The maximum absolute atomic E-state index is 13.0. The molecule has 0 aliphatic carbocycles.